The zero-order valence-electron chi connectivity index (χ0n) is 9.49. The lowest BCUT2D eigenvalue weighted by atomic mass is 10.3. The molecule has 86 valence electrons. The molecule has 0 saturated carbocycles. The van der Waals surface area contributed by atoms with Crippen molar-refractivity contribution >= 4 is 11.7 Å². The summed E-state index contributed by atoms with van der Waals surface area (Å²) in [5, 5.41) is 6.90. The number of anilines is 1. The van der Waals surface area contributed by atoms with Crippen molar-refractivity contribution in [1.29, 1.82) is 0 Å². The molecule has 0 bridgehead atoms. The van der Waals surface area contributed by atoms with Crippen LogP contribution >= 0.6 is 0 Å². The van der Waals surface area contributed by atoms with Crippen LogP contribution in [0.25, 0.3) is 0 Å². The molecule has 0 atom stereocenters. The van der Waals surface area contributed by atoms with Gasteiger partial charge in [0.2, 0.25) is 0 Å². The minimum Gasteiger partial charge on any atom is -0.384 e. The summed E-state index contributed by atoms with van der Waals surface area (Å²) >= 11 is 0. The first kappa shape index (κ1) is 12.2. The number of nitrogens with zero attached hydrogens (tertiary/aromatic N) is 2. The lowest BCUT2D eigenvalue weighted by Crippen LogP contribution is -2.10. The minimum atomic E-state index is -0.267. The molecule has 0 radical (unpaired) electrons. The monoisotopic (exact) mass is 221 g/mol. The third kappa shape index (κ3) is 3.38. The summed E-state index contributed by atoms with van der Waals surface area (Å²) in [5.74, 6) is 0.374. The molecule has 0 fully saturated rings. The average molecular weight is 221 g/mol. The number of carbonyl (C=O) groups excluding carboxylic acids is 1. The topological polar surface area (TPSA) is 56.1 Å². The molecule has 1 rings (SSSR count). The van der Waals surface area contributed by atoms with Crippen LogP contribution in [-0.2, 0) is 23.0 Å². The van der Waals surface area contributed by atoms with Crippen LogP contribution in [-0.4, -0.2) is 29.4 Å². The zero-order chi connectivity index (χ0) is 12.0. The number of aromatic nitrogens is 2. The first-order valence-electron chi connectivity index (χ1n) is 4.86. The first-order valence-corrected chi connectivity index (χ1v) is 4.86. The van der Waals surface area contributed by atoms with Crippen LogP contribution in [0.15, 0.2) is 24.5 Å². The highest BCUT2D eigenvalue weighted by Gasteiger charge is 2.06. The van der Waals surface area contributed by atoms with E-state index in [-0.39, 0.29) is 5.91 Å². The van der Waals surface area contributed by atoms with Gasteiger partial charge in [0.1, 0.15) is 5.82 Å². The van der Waals surface area contributed by atoms with Crippen molar-refractivity contribution in [3.05, 3.63) is 30.1 Å². The number of methoxy groups -OCH3 is 1. The standard InChI is InChI=1S/C11H15N3O2/c1-4-5-11(15)12-10-8-9(6-7-16-3)13-14(10)2/h5,8H,1,6-7H2,2-3H3,(H,12,15). The summed E-state index contributed by atoms with van der Waals surface area (Å²) in [6, 6.07) is 1.81. The Morgan fingerprint density at radius 3 is 3.19 bits per heavy atom. The van der Waals surface area contributed by atoms with E-state index in [9.17, 15) is 4.79 Å². The zero-order valence-corrected chi connectivity index (χ0v) is 9.49. The van der Waals surface area contributed by atoms with E-state index in [2.05, 4.69) is 22.7 Å². The molecule has 1 N–H and O–H groups in total. The highest BCUT2D eigenvalue weighted by molar-refractivity contribution is 5.98. The second kappa shape index (κ2) is 5.90. The fraction of sp³-hybridized carbons (Fsp3) is 0.364. The second-order valence-electron chi connectivity index (χ2n) is 3.23. The van der Waals surface area contributed by atoms with Crippen LogP contribution in [0.1, 0.15) is 5.69 Å². The first-order chi connectivity index (χ1) is 7.67. The van der Waals surface area contributed by atoms with Crippen LogP contribution in [0.2, 0.25) is 0 Å². The largest absolute Gasteiger partial charge is 0.384 e. The summed E-state index contributed by atoms with van der Waals surface area (Å²) < 4.78 is 6.56. The van der Waals surface area contributed by atoms with E-state index in [0.29, 0.717) is 12.4 Å². The average Bonchev–Trinajstić information content (AvgIpc) is 2.57. The van der Waals surface area contributed by atoms with E-state index >= 15 is 0 Å². The minimum absolute atomic E-state index is 0.267. The smallest absolute Gasteiger partial charge is 0.257 e. The molecule has 16 heavy (non-hydrogen) atoms. The predicted octanol–water partition coefficient (Wildman–Crippen LogP) is 0.889. The van der Waals surface area contributed by atoms with E-state index < -0.39 is 0 Å². The summed E-state index contributed by atoms with van der Waals surface area (Å²) in [5.41, 5.74) is 3.29. The Hall–Kier alpha value is -1.84. The van der Waals surface area contributed by atoms with E-state index in [1.807, 2.05) is 6.07 Å². The summed E-state index contributed by atoms with van der Waals surface area (Å²) in [6.07, 6.45) is 1.96. The van der Waals surface area contributed by atoms with Crippen LogP contribution in [0, 0.1) is 0 Å². The SMILES string of the molecule is C=C=CC(=O)Nc1cc(CCOC)nn1C. The van der Waals surface area contributed by atoms with Crippen molar-refractivity contribution < 1.29 is 9.53 Å². The van der Waals surface area contributed by atoms with Crippen molar-refractivity contribution in [2.75, 3.05) is 19.0 Å². The van der Waals surface area contributed by atoms with E-state index in [0.717, 1.165) is 12.1 Å². The van der Waals surface area contributed by atoms with Gasteiger partial charge in [-0.1, -0.05) is 6.58 Å². The number of nitrogens with one attached hydrogen (secondary N) is 1. The molecule has 0 unspecified atom stereocenters. The summed E-state index contributed by atoms with van der Waals surface area (Å²) in [6.45, 7) is 3.94. The Labute approximate surface area is 94.4 Å². The fourth-order valence-corrected chi connectivity index (χ4v) is 1.23. The molecule has 0 aromatic carbocycles. The van der Waals surface area contributed by atoms with E-state index in [1.54, 1.807) is 18.8 Å². The van der Waals surface area contributed by atoms with Crippen molar-refractivity contribution in [3.8, 4) is 0 Å². The Balaban J connectivity index is 2.69. The van der Waals surface area contributed by atoms with Crippen molar-refractivity contribution in [1.82, 2.24) is 9.78 Å². The molecular formula is C11H15N3O2. The van der Waals surface area contributed by atoms with E-state index in [4.69, 9.17) is 4.74 Å². The van der Waals surface area contributed by atoms with Crippen LogP contribution < -0.4 is 5.32 Å². The maximum atomic E-state index is 11.3. The van der Waals surface area contributed by atoms with Gasteiger partial charge in [0.25, 0.3) is 5.91 Å². The molecule has 5 heteroatoms. The van der Waals surface area contributed by atoms with Gasteiger partial charge in [0.05, 0.1) is 12.3 Å². The van der Waals surface area contributed by atoms with Crippen LogP contribution in [0.3, 0.4) is 0 Å². The van der Waals surface area contributed by atoms with Gasteiger partial charge in [-0.2, -0.15) is 5.10 Å². The van der Waals surface area contributed by atoms with Gasteiger partial charge in [0, 0.05) is 32.7 Å². The van der Waals surface area contributed by atoms with Gasteiger partial charge in [-0.25, -0.2) is 0 Å². The van der Waals surface area contributed by atoms with Gasteiger partial charge in [-0.3, -0.25) is 9.48 Å². The number of ether oxygens (including phenoxy) is 1. The Morgan fingerprint density at radius 1 is 1.81 bits per heavy atom. The molecule has 0 aliphatic heterocycles. The lowest BCUT2D eigenvalue weighted by Gasteiger charge is -1.99. The van der Waals surface area contributed by atoms with E-state index in [1.165, 1.54) is 6.08 Å². The number of carbonyl (C=O) groups is 1. The predicted molar refractivity (Wildman–Crippen MR) is 61.1 cm³/mol. The van der Waals surface area contributed by atoms with Crippen LogP contribution in [0.4, 0.5) is 5.82 Å². The second-order valence-corrected chi connectivity index (χ2v) is 3.23. The number of amides is 1. The molecular weight excluding hydrogens is 206 g/mol. The maximum absolute atomic E-state index is 11.3. The van der Waals surface area contributed by atoms with Crippen LogP contribution in [0.5, 0.6) is 0 Å². The number of hydrogen-bond acceptors (Lipinski definition) is 3. The quantitative estimate of drug-likeness (QED) is 0.593. The summed E-state index contributed by atoms with van der Waals surface area (Å²) in [7, 11) is 3.41. The lowest BCUT2D eigenvalue weighted by molar-refractivity contribution is -0.111. The van der Waals surface area contributed by atoms with Gasteiger partial charge in [-0.05, 0) is 0 Å². The Kier molecular flexibility index (Phi) is 4.51. The summed E-state index contributed by atoms with van der Waals surface area (Å²) in [4.78, 5) is 11.3. The molecule has 0 aliphatic carbocycles. The molecule has 5 nitrogen and oxygen atoms in total. The molecule has 1 aromatic rings. The van der Waals surface area contributed by atoms with Gasteiger partial charge in [-0.15, -0.1) is 5.73 Å². The van der Waals surface area contributed by atoms with Gasteiger partial charge < -0.3 is 10.1 Å². The fourth-order valence-electron chi connectivity index (χ4n) is 1.23. The molecule has 0 saturated heterocycles. The van der Waals surface area contributed by atoms with Crippen molar-refractivity contribution in [2.45, 2.75) is 6.42 Å². The van der Waals surface area contributed by atoms with Crippen molar-refractivity contribution in [3.63, 3.8) is 0 Å². The van der Waals surface area contributed by atoms with Crippen molar-refractivity contribution in [2.24, 2.45) is 7.05 Å². The highest BCUT2D eigenvalue weighted by Crippen LogP contribution is 2.09. The Morgan fingerprint density at radius 2 is 2.56 bits per heavy atom. The Bertz CT molecular complexity index is 417. The molecule has 1 amide bonds. The third-order valence-electron chi connectivity index (χ3n) is 1.98. The number of hydrogen-bond donors (Lipinski definition) is 1. The third-order valence-corrected chi connectivity index (χ3v) is 1.98. The molecule has 1 heterocycles. The number of aryl methyl sites for hydroxylation is 1. The highest BCUT2D eigenvalue weighted by atomic mass is 16.5. The number of rotatable bonds is 5. The maximum Gasteiger partial charge on any atom is 0.257 e. The molecule has 0 spiro atoms. The van der Waals surface area contributed by atoms with Gasteiger partial charge >= 0.3 is 0 Å². The normalized spacial score (nSPS) is 9.62. The van der Waals surface area contributed by atoms with Gasteiger partial charge in [0.15, 0.2) is 0 Å². The molecule has 0 aliphatic rings. The molecule has 1 aromatic heterocycles.